The summed E-state index contributed by atoms with van der Waals surface area (Å²) in [6.45, 7) is 4.94. The zero-order valence-corrected chi connectivity index (χ0v) is 17.8. The summed E-state index contributed by atoms with van der Waals surface area (Å²) >= 11 is 0. The van der Waals surface area contributed by atoms with Gasteiger partial charge >= 0.3 is 0 Å². The molecule has 31 heavy (non-hydrogen) atoms. The Kier molecular flexibility index (Phi) is 5.93. The number of amides is 1. The van der Waals surface area contributed by atoms with E-state index in [9.17, 15) is 4.79 Å². The second-order valence-electron chi connectivity index (χ2n) is 6.88. The predicted molar refractivity (Wildman–Crippen MR) is 119 cm³/mol. The highest BCUT2D eigenvalue weighted by Gasteiger charge is 2.39. The van der Waals surface area contributed by atoms with E-state index in [1.165, 1.54) is 0 Å². The summed E-state index contributed by atoms with van der Waals surface area (Å²) in [4.78, 5) is 19.5. The van der Waals surface area contributed by atoms with E-state index in [2.05, 4.69) is 10.3 Å². The van der Waals surface area contributed by atoms with Crippen LogP contribution < -0.4 is 24.4 Å². The van der Waals surface area contributed by atoms with Crippen LogP contribution in [0.4, 0.5) is 11.4 Å². The average Bonchev–Trinajstić information content (AvgIpc) is 3.07. The predicted octanol–water partition coefficient (Wildman–Crippen LogP) is 4.66. The van der Waals surface area contributed by atoms with Crippen molar-refractivity contribution in [3.05, 3.63) is 72.1 Å². The number of nitrogens with one attached hydrogen (secondary N) is 1. The normalized spacial score (nSPS) is 14.9. The number of anilines is 2. The fourth-order valence-electron chi connectivity index (χ4n) is 3.63. The van der Waals surface area contributed by atoms with Gasteiger partial charge in [-0.3, -0.25) is 14.7 Å². The molecule has 1 amide bonds. The van der Waals surface area contributed by atoms with Gasteiger partial charge < -0.3 is 19.5 Å². The van der Waals surface area contributed by atoms with Gasteiger partial charge in [0.05, 0.1) is 37.3 Å². The van der Waals surface area contributed by atoms with Crippen molar-refractivity contribution in [3.8, 4) is 17.2 Å². The number of benzene rings is 2. The van der Waals surface area contributed by atoms with Crippen LogP contribution in [0.1, 0.15) is 36.1 Å². The monoisotopic (exact) mass is 419 g/mol. The number of nitrogens with zero attached hydrogens (tertiary/aromatic N) is 2. The summed E-state index contributed by atoms with van der Waals surface area (Å²) in [6, 6.07) is 16.6. The average molecular weight is 419 g/mol. The summed E-state index contributed by atoms with van der Waals surface area (Å²) in [5.41, 5.74) is 2.69. The molecule has 0 bridgehead atoms. The van der Waals surface area contributed by atoms with Gasteiger partial charge in [-0.1, -0.05) is 0 Å². The van der Waals surface area contributed by atoms with E-state index in [0.717, 1.165) is 22.9 Å². The van der Waals surface area contributed by atoms with Crippen LogP contribution in [0.2, 0.25) is 0 Å². The Morgan fingerprint density at radius 2 is 1.74 bits per heavy atom. The van der Waals surface area contributed by atoms with Gasteiger partial charge in [0.1, 0.15) is 17.2 Å². The Morgan fingerprint density at radius 1 is 1.00 bits per heavy atom. The maximum absolute atomic E-state index is 13.3. The molecule has 0 radical (unpaired) electrons. The lowest BCUT2D eigenvalue weighted by Gasteiger charge is -2.27. The molecule has 0 unspecified atom stereocenters. The van der Waals surface area contributed by atoms with Crippen LogP contribution in [0.3, 0.4) is 0 Å². The van der Waals surface area contributed by atoms with E-state index in [1.807, 2.05) is 56.3 Å². The van der Waals surface area contributed by atoms with Crippen LogP contribution in [0.25, 0.3) is 0 Å². The van der Waals surface area contributed by atoms with E-state index >= 15 is 0 Å². The van der Waals surface area contributed by atoms with E-state index < -0.39 is 6.17 Å². The molecule has 0 spiro atoms. The standard InChI is InChI=1S/C24H25N3O4/c1-4-30-18-12-13-21(31-5-2)20(15-18)26-23-22-19(7-6-14-25-22)24(28)27(23)16-8-10-17(29-3)11-9-16/h6-15,23,26H,4-5H2,1-3H3/t23-/m1/s1. The second-order valence-corrected chi connectivity index (χ2v) is 6.88. The highest BCUT2D eigenvalue weighted by atomic mass is 16.5. The molecule has 1 aliphatic rings. The molecule has 160 valence electrons. The van der Waals surface area contributed by atoms with Crippen molar-refractivity contribution in [2.45, 2.75) is 20.0 Å². The molecule has 1 aliphatic heterocycles. The minimum Gasteiger partial charge on any atom is -0.497 e. The Balaban J connectivity index is 1.76. The number of aromatic nitrogens is 1. The summed E-state index contributed by atoms with van der Waals surface area (Å²) in [5, 5.41) is 3.46. The lowest BCUT2D eigenvalue weighted by Crippen LogP contribution is -2.32. The molecule has 0 saturated heterocycles. The van der Waals surface area contributed by atoms with Gasteiger partial charge in [-0.15, -0.1) is 0 Å². The summed E-state index contributed by atoms with van der Waals surface area (Å²) in [5.74, 6) is 2.00. The maximum atomic E-state index is 13.3. The molecule has 1 aromatic heterocycles. The highest BCUT2D eigenvalue weighted by molar-refractivity contribution is 6.11. The minimum atomic E-state index is -0.506. The van der Waals surface area contributed by atoms with Crippen LogP contribution in [-0.2, 0) is 0 Å². The molecule has 1 atom stereocenters. The molecular weight excluding hydrogens is 394 g/mol. The van der Waals surface area contributed by atoms with E-state index in [-0.39, 0.29) is 5.91 Å². The first kappa shape index (κ1) is 20.5. The zero-order valence-electron chi connectivity index (χ0n) is 17.8. The first-order valence-electron chi connectivity index (χ1n) is 10.2. The van der Waals surface area contributed by atoms with Crippen molar-refractivity contribution in [2.24, 2.45) is 0 Å². The van der Waals surface area contributed by atoms with Crippen molar-refractivity contribution in [1.82, 2.24) is 4.98 Å². The number of ether oxygens (including phenoxy) is 3. The number of hydrogen-bond acceptors (Lipinski definition) is 6. The van der Waals surface area contributed by atoms with Gasteiger partial charge in [0.15, 0.2) is 6.17 Å². The summed E-state index contributed by atoms with van der Waals surface area (Å²) in [6.07, 6.45) is 1.19. The maximum Gasteiger partial charge on any atom is 0.262 e. The van der Waals surface area contributed by atoms with Crippen LogP contribution in [0.5, 0.6) is 17.2 Å². The quantitative estimate of drug-likeness (QED) is 0.573. The molecule has 2 heterocycles. The number of methoxy groups -OCH3 is 1. The summed E-state index contributed by atoms with van der Waals surface area (Å²) in [7, 11) is 1.61. The number of carbonyl (C=O) groups excluding carboxylic acids is 1. The molecule has 4 rings (SSSR count). The second kappa shape index (κ2) is 8.95. The largest absolute Gasteiger partial charge is 0.497 e. The van der Waals surface area contributed by atoms with Crippen LogP contribution in [0.15, 0.2) is 60.8 Å². The van der Waals surface area contributed by atoms with Gasteiger partial charge in [-0.2, -0.15) is 0 Å². The molecule has 0 fully saturated rings. The smallest absolute Gasteiger partial charge is 0.262 e. The minimum absolute atomic E-state index is 0.121. The van der Waals surface area contributed by atoms with Crippen LogP contribution in [-0.4, -0.2) is 31.2 Å². The molecule has 3 aromatic rings. The molecule has 7 heteroatoms. The van der Waals surface area contributed by atoms with Gasteiger partial charge in [-0.25, -0.2) is 0 Å². The van der Waals surface area contributed by atoms with Crippen molar-refractivity contribution < 1.29 is 19.0 Å². The molecule has 1 N–H and O–H groups in total. The topological polar surface area (TPSA) is 72.9 Å². The fourth-order valence-corrected chi connectivity index (χ4v) is 3.63. The molecule has 2 aromatic carbocycles. The third-order valence-corrected chi connectivity index (χ3v) is 5.01. The van der Waals surface area contributed by atoms with Crippen LogP contribution >= 0.6 is 0 Å². The van der Waals surface area contributed by atoms with E-state index in [4.69, 9.17) is 14.2 Å². The van der Waals surface area contributed by atoms with Crippen molar-refractivity contribution >= 4 is 17.3 Å². The molecular formula is C24H25N3O4. The van der Waals surface area contributed by atoms with Crippen molar-refractivity contribution in [3.63, 3.8) is 0 Å². The Bertz CT molecular complexity index is 1070. The number of fused-ring (bicyclic) bond motifs is 1. The lowest BCUT2D eigenvalue weighted by atomic mass is 10.2. The van der Waals surface area contributed by atoms with Crippen LogP contribution in [0, 0.1) is 0 Å². The van der Waals surface area contributed by atoms with E-state index in [0.29, 0.717) is 30.2 Å². The Hall–Kier alpha value is -3.74. The number of hydrogen-bond donors (Lipinski definition) is 1. The number of pyridine rings is 1. The molecule has 0 saturated carbocycles. The third kappa shape index (κ3) is 3.99. The molecule has 0 aliphatic carbocycles. The molecule has 7 nitrogen and oxygen atoms in total. The first-order valence-corrected chi connectivity index (χ1v) is 10.2. The van der Waals surface area contributed by atoms with Crippen molar-refractivity contribution in [1.29, 1.82) is 0 Å². The van der Waals surface area contributed by atoms with E-state index in [1.54, 1.807) is 30.3 Å². The van der Waals surface area contributed by atoms with Gasteiger partial charge in [0.2, 0.25) is 0 Å². The SMILES string of the molecule is CCOc1ccc(OCC)c(N[C@H]2c3ncccc3C(=O)N2c2ccc(OC)cc2)c1. The van der Waals surface area contributed by atoms with Gasteiger partial charge in [-0.05, 0) is 62.4 Å². The third-order valence-electron chi connectivity index (χ3n) is 5.01. The van der Waals surface area contributed by atoms with Crippen molar-refractivity contribution in [2.75, 3.05) is 30.5 Å². The highest BCUT2D eigenvalue weighted by Crippen LogP contribution is 2.40. The first-order chi connectivity index (χ1) is 15.2. The zero-order chi connectivity index (χ0) is 21.8. The summed E-state index contributed by atoms with van der Waals surface area (Å²) < 4.78 is 16.7. The Morgan fingerprint density at radius 3 is 2.45 bits per heavy atom. The Labute approximate surface area is 181 Å². The number of carbonyl (C=O) groups is 1. The fraction of sp³-hybridized carbons (Fsp3) is 0.250. The lowest BCUT2D eigenvalue weighted by molar-refractivity contribution is 0.0993. The van der Waals surface area contributed by atoms with Gasteiger partial charge in [0.25, 0.3) is 5.91 Å². The number of rotatable bonds is 8. The van der Waals surface area contributed by atoms with Gasteiger partial charge in [0, 0.05) is 18.0 Å².